The van der Waals surface area contributed by atoms with Gasteiger partial charge in [-0.15, -0.1) is 0 Å². The number of hydrogen-bond donors (Lipinski definition) is 1. The monoisotopic (exact) mass is 355 g/mol. The SMILES string of the molecule is CC(C(=O)Nc1cc(C(C)(C)C#N)no1)S(=O)(=O)C1CCOCC1. The number of carbonyl (C=O) groups excluding carboxylic acids is 1. The van der Waals surface area contributed by atoms with Gasteiger partial charge in [-0.05, 0) is 33.6 Å². The van der Waals surface area contributed by atoms with Gasteiger partial charge in [-0.1, -0.05) is 5.16 Å². The van der Waals surface area contributed by atoms with E-state index in [1.165, 1.54) is 13.0 Å². The van der Waals surface area contributed by atoms with Gasteiger partial charge < -0.3 is 9.26 Å². The number of amides is 1. The van der Waals surface area contributed by atoms with Gasteiger partial charge in [-0.2, -0.15) is 5.26 Å². The molecular weight excluding hydrogens is 334 g/mol. The van der Waals surface area contributed by atoms with E-state index < -0.39 is 31.7 Å². The molecule has 24 heavy (non-hydrogen) atoms. The lowest BCUT2D eigenvalue weighted by atomic mass is 9.92. The number of nitriles is 1. The molecule has 2 heterocycles. The van der Waals surface area contributed by atoms with Crippen molar-refractivity contribution in [2.45, 2.75) is 49.5 Å². The quantitative estimate of drug-likeness (QED) is 0.847. The predicted octanol–water partition coefficient (Wildman–Crippen LogP) is 1.40. The van der Waals surface area contributed by atoms with Gasteiger partial charge in [0, 0.05) is 19.3 Å². The van der Waals surface area contributed by atoms with Crippen molar-refractivity contribution in [3.8, 4) is 6.07 Å². The molecule has 0 spiro atoms. The van der Waals surface area contributed by atoms with E-state index in [0.29, 0.717) is 31.7 Å². The van der Waals surface area contributed by atoms with Crippen molar-refractivity contribution < 1.29 is 22.5 Å². The molecule has 1 N–H and O–H groups in total. The molecule has 1 aliphatic rings. The molecule has 8 nitrogen and oxygen atoms in total. The second-order valence-electron chi connectivity index (χ2n) is 6.35. The zero-order valence-corrected chi connectivity index (χ0v) is 14.7. The van der Waals surface area contributed by atoms with Gasteiger partial charge in [-0.25, -0.2) is 8.42 Å². The average Bonchev–Trinajstić information content (AvgIpc) is 3.04. The normalized spacial score (nSPS) is 17.9. The Morgan fingerprint density at radius 3 is 2.67 bits per heavy atom. The first kappa shape index (κ1) is 18.4. The number of carbonyl (C=O) groups is 1. The fourth-order valence-electron chi connectivity index (χ4n) is 2.35. The molecule has 1 aromatic rings. The third kappa shape index (κ3) is 3.76. The Kier molecular flexibility index (Phi) is 5.30. The van der Waals surface area contributed by atoms with Crippen LogP contribution >= 0.6 is 0 Å². The summed E-state index contributed by atoms with van der Waals surface area (Å²) in [5, 5.41) is 13.4. The van der Waals surface area contributed by atoms with Crippen LogP contribution in [0.15, 0.2) is 10.6 Å². The predicted molar refractivity (Wildman–Crippen MR) is 86.0 cm³/mol. The highest BCUT2D eigenvalue weighted by atomic mass is 32.2. The number of anilines is 1. The lowest BCUT2D eigenvalue weighted by Gasteiger charge is -2.24. The summed E-state index contributed by atoms with van der Waals surface area (Å²) in [6.07, 6.45) is 0.783. The van der Waals surface area contributed by atoms with Gasteiger partial charge in [0.1, 0.15) is 10.9 Å². The second kappa shape index (κ2) is 6.91. The van der Waals surface area contributed by atoms with E-state index >= 15 is 0 Å². The molecule has 9 heteroatoms. The topological polar surface area (TPSA) is 122 Å². The van der Waals surface area contributed by atoms with Crippen molar-refractivity contribution in [3.05, 3.63) is 11.8 Å². The number of rotatable bonds is 5. The molecule has 0 saturated carbocycles. The number of nitrogens with zero attached hydrogens (tertiary/aromatic N) is 2. The molecule has 0 aromatic carbocycles. The van der Waals surface area contributed by atoms with Crippen LogP contribution in [0.2, 0.25) is 0 Å². The molecule has 1 fully saturated rings. The molecule has 132 valence electrons. The summed E-state index contributed by atoms with van der Waals surface area (Å²) >= 11 is 0. The van der Waals surface area contributed by atoms with Gasteiger partial charge >= 0.3 is 0 Å². The van der Waals surface area contributed by atoms with Crippen molar-refractivity contribution in [3.63, 3.8) is 0 Å². The second-order valence-corrected chi connectivity index (χ2v) is 8.90. The molecule has 1 saturated heterocycles. The third-order valence-corrected chi connectivity index (χ3v) is 6.77. The van der Waals surface area contributed by atoms with E-state index in [1.54, 1.807) is 13.8 Å². The Bertz CT molecular complexity index is 741. The third-order valence-electron chi connectivity index (χ3n) is 4.17. The van der Waals surface area contributed by atoms with Crippen molar-refractivity contribution in [2.24, 2.45) is 0 Å². The Morgan fingerprint density at radius 1 is 1.46 bits per heavy atom. The van der Waals surface area contributed by atoms with Crippen LogP contribution in [0.4, 0.5) is 5.88 Å². The van der Waals surface area contributed by atoms with Crippen LogP contribution < -0.4 is 5.32 Å². The average molecular weight is 355 g/mol. The highest BCUT2D eigenvalue weighted by Crippen LogP contribution is 2.25. The molecule has 1 aromatic heterocycles. The highest BCUT2D eigenvalue weighted by Gasteiger charge is 2.37. The van der Waals surface area contributed by atoms with Gasteiger partial charge in [-0.3, -0.25) is 10.1 Å². The van der Waals surface area contributed by atoms with E-state index in [-0.39, 0.29) is 5.88 Å². The molecule has 1 amide bonds. The Morgan fingerprint density at radius 2 is 2.08 bits per heavy atom. The Hall–Kier alpha value is -1.92. The number of nitrogens with one attached hydrogen (secondary N) is 1. The minimum Gasteiger partial charge on any atom is -0.381 e. The van der Waals surface area contributed by atoms with Crippen LogP contribution in [0.1, 0.15) is 39.3 Å². The van der Waals surface area contributed by atoms with Crippen LogP contribution in [-0.2, 0) is 24.8 Å². The van der Waals surface area contributed by atoms with Gasteiger partial charge in [0.25, 0.3) is 0 Å². The van der Waals surface area contributed by atoms with Gasteiger partial charge in [0.05, 0.1) is 16.7 Å². The smallest absolute Gasteiger partial charge is 0.244 e. The first-order valence-corrected chi connectivity index (χ1v) is 9.29. The molecule has 1 unspecified atom stereocenters. The summed E-state index contributed by atoms with van der Waals surface area (Å²) in [6, 6.07) is 3.50. The number of sulfone groups is 1. The lowest BCUT2D eigenvalue weighted by molar-refractivity contribution is -0.115. The molecular formula is C15H21N3O5S. The van der Waals surface area contributed by atoms with E-state index in [9.17, 15) is 13.2 Å². The van der Waals surface area contributed by atoms with E-state index in [4.69, 9.17) is 14.5 Å². The molecule has 0 aliphatic carbocycles. The Labute approximate surface area is 141 Å². The summed E-state index contributed by atoms with van der Waals surface area (Å²) < 4.78 is 35.2. The largest absolute Gasteiger partial charge is 0.381 e. The molecule has 1 aliphatic heterocycles. The maximum atomic E-state index is 12.5. The van der Waals surface area contributed by atoms with Gasteiger partial charge in [0.15, 0.2) is 9.84 Å². The molecule has 0 radical (unpaired) electrons. The number of ether oxygens (including phenoxy) is 1. The van der Waals surface area contributed by atoms with Crippen LogP contribution in [-0.4, -0.2) is 43.2 Å². The fourth-order valence-corrected chi connectivity index (χ4v) is 4.14. The minimum absolute atomic E-state index is 0.0207. The van der Waals surface area contributed by atoms with Crippen molar-refractivity contribution in [2.75, 3.05) is 18.5 Å². The van der Waals surface area contributed by atoms with Gasteiger partial charge in [0.2, 0.25) is 11.8 Å². The molecule has 0 bridgehead atoms. The Balaban J connectivity index is 2.08. The fraction of sp³-hybridized carbons (Fsp3) is 0.667. The highest BCUT2D eigenvalue weighted by molar-refractivity contribution is 7.93. The summed E-state index contributed by atoms with van der Waals surface area (Å²) in [4.78, 5) is 12.3. The van der Waals surface area contributed by atoms with Crippen LogP contribution in [0.3, 0.4) is 0 Å². The first-order chi connectivity index (χ1) is 11.2. The summed E-state index contributed by atoms with van der Waals surface area (Å²) in [5.74, 6) is -0.661. The van der Waals surface area contributed by atoms with E-state index in [1.807, 2.05) is 0 Å². The van der Waals surface area contributed by atoms with Crippen molar-refractivity contribution in [1.29, 1.82) is 5.26 Å². The summed E-state index contributed by atoms with van der Waals surface area (Å²) in [6.45, 7) is 5.44. The standard InChI is InChI=1S/C15H21N3O5S/c1-10(24(20,21)11-4-6-22-7-5-11)14(19)17-13-8-12(18-23-13)15(2,3)9-16/h8,10-11H,4-7H2,1-3H3,(H,17,19). The molecule has 1 atom stereocenters. The maximum absolute atomic E-state index is 12.5. The summed E-state index contributed by atoms with van der Waals surface area (Å²) in [7, 11) is -3.61. The minimum atomic E-state index is -3.61. The lowest BCUT2D eigenvalue weighted by Crippen LogP contribution is -2.41. The van der Waals surface area contributed by atoms with Crippen LogP contribution in [0, 0.1) is 11.3 Å². The van der Waals surface area contributed by atoms with Crippen LogP contribution in [0.5, 0.6) is 0 Å². The molecule has 2 rings (SSSR count). The van der Waals surface area contributed by atoms with E-state index in [0.717, 1.165) is 0 Å². The first-order valence-electron chi connectivity index (χ1n) is 7.68. The van der Waals surface area contributed by atoms with Crippen molar-refractivity contribution in [1.82, 2.24) is 5.16 Å². The zero-order chi connectivity index (χ0) is 18.0. The number of hydrogen-bond acceptors (Lipinski definition) is 7. The number of aromatic nitrogens is 1. The summed E-state index contributed by atoms with van der Waals surface area (Å²) in [5.41, 5.74) is -0.507. The van der Waals surface area contributed by atoms with Crippen molar-refractivity contribution >= 4 is 21.6 Å². The zero-order valence-electron chi connectivity index (χ0n) is 13.9. The van der Waals surface area contributed by atoms with E-state index in [2.05, 4.69) is 16.5 Å². The maximum Gasteiger partial charge on any atom is 0.244 e. The van der Waals surface area contributed by atoms with Crippen LogP contribution in [0.25, 0.3) is 0 Å².